The van der Waals surface area contributed by atoms with E-state index in [1.54, 1.807) is 29.2 Å². The van der Waals surface area contributed by atoms with E-state index < -0.39 is 12.1 Å². The summed E-state index contributed by atoms with van der Waals surface area (Å²) in [6, 6.07) is 12.9. The molecule has 5 rings (SSSR count). The molecule has 8 nitrogen and oxygen atoms in total. The van der Waals surface area contributed by atoms with E-state index >= 15 is 0 Å². The number of ether oxygens (including phenoxy) is 3. The Balaban J connectivity index is 1.46. The summed E-state index contributed by atoms with van der Waals surface area (Å²) in [6.45, 7) is 0.968. The number of carbonyl (C=O) groups is 2. The minimum absolute atomic E-state index is 0.0599. The normalized spacial score (nSPS) is 22.5. The van der Waals surface area contributed by atoms with Crippen molar-refractivity contribution >= 4 is 11.8 Å². The molecule has 0 bridgehead atoms. The molecule has 2 N–H and O–H groups in total. The Bertz CT molecular complexity index is 1030. The van der Waals surface area contributed by atoms with Crippen LogP contribution in [0.2, 0.25) is 0 Å². The van der Waals surface area contributed by atoms with Gasteiger partial charge in [0.05, 0.1) is 6.10 Å². The lowest BCUT2D eigenvalue weighted by molar-refractivity contribution is -0.150. The lowest BCUT2D eigenvalue weighted by Gasteiger charge is -2.37. The fourth-order valence-electron chi connectivity index (χ4n) is 5.14. The number of hydrogen-bond donors (Lipinski definition) is 2. The Hall–Kier alpha value is -3.26. The van der Waals surface area contributed by atoms with Crippen molar-refractivity contribution in [1.29, 1.82) is 0 Å². The van der Waals surface area contributed by atoms with Crippen LogP contribution < -0.4 is 14.8 Å². The zero-order valence-electron chi connectivity index (χ0n) is 19.7. The van der Waals surface area contributed by atoms with Gasteiger partial charge in [-0.15, -0.1) is 0 Å². The summed E-state index contributed by atoms with van der Waals surface area (Å²) in [5, 5.41) is 13.0. The summed E-state index contributed by atoms with van der Waals surface area (Å²) in [4.78, 5) is 29.2. The van der Waals surface area contributed by atoms with E-state index in [2.05, 4.69) is 5.32 Å². The average molecular weight is 481 g/mol. The number of hydrogen-bond acceptors (Lipinski definition) is 6. The SMILES string of the molecule is O=C(NC1CCCC1)[C@H](c1ccc(O)cc1)N(C[C@@H]1CCCO1)C(=O)[C@H]1COc2ccccc2O1. The molecule has 1 aliphatic carbocycles. The van der Waals surface area contributed by atoms with Crippen LogP contribution in [0.4, 0.5) is 0 Å². The van der Waals surface area contributed by atoms with Crippen LogP contribution in [0.15, 0.2) is 48.5 Å². The number of phenols is 1. The molecule has 1 saturated heterocycles. The molecule has 2 aliphatic heterocycles. The van der Waals surface area contributed by atoms with Crippen molar-refractivity contribution in [3.63, 3.8) is 0 Å². The molecule has 2 fully saturated rings. The highest BCUT2D eigenvalue weighted by atomic mass is 16.6. The highest BCUT2D eigenvalue weighted by molar-refractivity contribution is 5.91. The predicted octanol–water partition coefficient (Wildman–Crippen LogP) is 3.34. The third-order valence-corrected chi connectivity index (χ3v) is 6.96. The van der Waals surface area contributed by atoms with Gasteiger partial charge in [0, 0.05) is 19.2 Å². The minimum atomic E-state index is -0.884. The van der Waals surface area contributed by atoms with E-state index in [-0.39, 0.29) is 42.9 Å². The molecular formula is C27H32N2O6. The van der Waals surface area contributed by atoms with Gasteiger partial charge in [-0.25, -0.2) is 0 Å². The van der Waals surface area contributed by atoms with E-state index in [9.17, 15) is 14.7 Å². The van der Waals surface area contributed by atoms with Crippen LogP contribution in [0.25, 0.3) is 0 Å². The first-order valence-electron chi connectivity index (χ1n) is 12.5. The van der Waals surface area contributed by atoms with Gasteiger partial charge < -0.3 is 29.5 Å². The van der Waals surface area contributed by atoms with Crippen LogP contribution in [-0.4, -0.2) is 59.8 Å². The largest absolute Gasteiger partial charge is 0.508 e. The summed E-state index contributed by atoms with van der Waals surface area (Å²) in [5.74, 6) is 0.643. The van der Waals surface area contributed by atoms with Crippen LogP contribution in [0.3, 0.4) is 0 Å². The van der Waals surface area contributed by atoms with Gasteiger partial charge in [0.15, 0.2) is 11.5 Å². The maximum absolute atomic E-state index is 14.0. The Morgan fingerprint density at radius 1 is 1.00 bits per heavy atom. The first-order valence-corrected chi connectivity index (χ1v) is 12.5. The van der Waals surface area contributed by atoms with Crippen molar-refractivity contribution in [3.05, 3.63) is 54.1 Å². The van der Waals surface area contributed by atoms with E-state index in [0.29, 0.717) is 23.7 Å². The number of carbonyl (C=O) groups excluding carboxylic acids is 2. The summed E-state index contributed by atoms with van der Waals surface area (Å²) in [6.07, 6.45) is 4.73. The number of rotatable bonds is 7. The Morgan fingerprint density at radius 3 is 2.46 bits per heavy atom. The van der Waals surface area contributed by atoms with Crippen molar-refractivity contribution < 1.29 is 28.9 Å². The van der Waals surface area contributed by atoms with Crippen molar-refractivity contribution in [2.45, 2.75) is 62.8 Å². The summed E-state index contributed by atoms with van der Waals surface area (Å²) < 4.78 is 17.7. The topological polar surface area (TPSA) is 97.3 Å². The standard InChI is InChI=1S/C27H32N2O6/c30-20-13-11-18(12-14-20)25(26(31)28-19-6-1-2-7-19)29(16-21-8-5-15-33-21)27(32)24-17-34-22-9-3-4-10-23(22)35-24/h3-4,9-14,19,21,24-25,30H,1-2,5-8,15-17H2,(H,28,31)/t21-,24+,25-/m0/s1. The number of amides is 2. The Labute approximate surface area is 205 Å². The second-order valence-corrected chi connectivity index (χ2v) is 9.47. The number of aromatic hydroxyl groups is 1. The molecule has 0 unspecified atom stereocenters. The molecule has 2 aromatic rings. The summed E-state index contributed by atoms with van der Waals surface area (Å²) in [7, 11) is 0. The third kappa shape index (κ3) is 5.37. The Morgan fingerprint density at radius 2 is 1.74 bits per heavy atom. The molecule has 2 heterocycles. The summed E-state index contributed by atoms with van der Waals surface area (Å²) >= 11 is 0. The van der Waals surface area contributed by atoms with E-state index in [1.165, 1.54) is 12.1 Å². The zero-order valence-corrected chi connectivity index (χ0v) is 19.7. The van der Waals surface area contributed by atoms with Gasteiger partial charge in [-0.05, 0) is 55.5 Å². The third-order valence-electron chi connectivity index (χ3n) is 6.96. The van der Waals surface area contributed by atoms with Gasteiger partial charge in [-0.1, -0.05) is 37.1 Å². The van der Waals surface area contributed by atoms with Gasteiger partial charge in [0.1, 0.15) is 18.4 Å². The smallest absolute Gasteiger partial charge is 0.268 e. The quantitative estimate of drug-likeness (QED) is 0.631. The maximum Gasteiger partial charge on any atom is 0.268 e. The van der Waals surface area contributed by atoms with E-state index in [0.717, 1.165) is 38.5 Å². The molecule has 8 heteroatoms. The second kappa shape index (κ2) is 10.6. The lowest BCUT2D eigenvalue weighted by Crippen LogP contribution is -2.53. The van der Waals surface area contributed by atoms with Crippen LogP contribution >= 0.6 is 0 Å². The Kier molecular flexibility index (Phi) is 7.08. The molecular weight excluding hydrogens is 448 g/mol. The van der Waals surface area contributed by atoms with E-state index in [1.807, 2.05) is 12.1 Å². The molecule has 186 valence electrons. The maximum atomic E-state index is 14.0. The monoisotopic (exact) mass is 480 g/mol. The lowest BCUT2D eigenvalue weighted by atomic mass is 10.0. The van der Waals surface area contributed by atoms with Crippen LogP contribution in [0, 0.1) is 0 Å². The van der Waals surface area contributed by atoms with Crippen LogP contribution in [0.1, 0.15) is 50.1 Å². The number of nitrogens with zero attached hydrogens (tertiary/aromatic N) is 1. The summed E-state index contributed by atoms with van der Waals surface area (Å²) in [5.41, 5.74) is 0.627. The minimum Gasteiger partial charge on any atom is -0.508 e. The van der Waals surface area contributed by atoms with Crippen molar-refractivity contribution in [2.75, 3.05) is 19.8 Å². The second-order valence-electron chi connectivity index (χ2n) is 9.47. The zero-order chi connectivity index (χ0) is 24.2. The fourth-order valence-corrected chi connectivity index (χ4v) is 5.14. The number of fused-ring (bicyclic) bond motifs is 1. The van der Waals surface area contributed by atoms with Gasteiger partial charge >= 0.3 is 0 Å². The predicted molar refractivity (Wildman–Crippen MR) is 128 cm³/mol. The van der Waals surface area contributed by atoms with Gasteiger partial charge in [0.25, 0.3) is 5.91 Å². The molecule has 3 atom stereocenters. The van der Waals surface area contributed by atoms with Crippen LogP contribution in [0.5, 0.6) is 17.2 Å². The number of benzene rings is 2. The fraction of sp³-hybridized carbons (Fsp3) is 0.481. The van der Waals surface area contributed by atoms with Gasteiger partial charge in [0.2, 0.25) is 12.0 Å². The number of para-hydroxylation sites is 2. The molecule has 1 saturated carbocycles. The van der Waals surface area contributed by atoms with Crippen molar-refractivity contribution in [1.82, 2.24) is 10.2 Å². The number of nitrogens with one attached hydrogen (secondary N) is 1. The molecule has 35 heavy (non-hydrogen) atoms. The van der Waals surface area contributed by atoms with Gasteiger partial charge in [-0.3, -0.25) is 9.59 Å². The molecule has 2 amide bonds. The molecule has 2 aromatic carbocycles. The first kappa shape index (κ1) is 23.5. The van der Waals surface area contributed by atoms with E-state index in [4.69, 9.17) is 14.2 Å². The molecule has 0 radical (unpaired) electrons. The van der Waals surface area contributed by atoms with Crippen molar-refractivity contribution in [2.24, 2.45) is 0 Å². The molecule has 3 aliphatic rings. The highest BCUT2D eigenvalue weighted by Gasteiger charge is 2.40. The highest BCUT2D eigenvalue weighted by Crippen LogP contribution is 2.33. The van der Waals surface area contributed by atoms with Crippen molar-refractivity contribution in [3.8, 4) is 17.2 Å². The molecule has 0 spiro atoms. The van der Waals surface area contributed by atoms with Crippen LogP contribution in [-0.2, 0) is 14.3 Å². The average Bonchev–Trinajstić information content (AvgIpc) is 3.58. The van der Waals surface area contributed by atoms with Gasteiger partial charge in [-0.2, -0.15) is 0 Å². The molecule has 0 aromatic heterocycles. The first-order chi connectivity index (χ1) is 17.1. The number of phenolic OH excluding ortho intramolecular Hbond substituents is 1.